The molecule has 124 valence electrons. The third-order valence-electron chi connectivity index (χ3n) is 3.67. The van der Waals surface area contributed by atoms with Crippen LogP contribution in [0.25, 0.3) is 0 Å². The highest BCUT2D eigenvalue weighted by Gasteiger charge is 2.48. The Labute approximate surface area is 136 Å². The zero-order valence-electron chi connectivity index (χ0n) is 12.1. The predicted octanol–water partition coefficient (Wildman–Crippen LogP) is 2.19. The molecule has 1 aliphatic heterocycles. The van der Waals surface area contributed by atoms with Gasteiger partial charge in [-0.05, 0) is 30.3 Å². The van der Waals surface area contributed by atoms with Crippen molar-refractivity contribution in [2.24, 2.45) is 0 Å². The number of amides is 1. The SMILES string of the molecule is O=C1CS(=O)(=O)C(c2ccccc2[N+](=O)[O-])N1c1ccc(F)cc1. The number of benzene rings is 2. The fraction of sp³-hybridized carbons (Fsp3) is 0.133. The quantitative estimate of drug-likeness (QED) is 0.624. The van der Waals surface area contributed by atoms with Crippen LogP contribution in [-0.4, -0.2) is 25.0 Å². The van der Waals surface area contributed by atoms with Gasteiger partial charge in [-0.1, -0.05) is 12.1 Å². The summed E-state index contributed by atoms with van der Waals surface area (Å²) in [6, 6.07) is 10.0. The normalized spacial score (nSPS) is 19.5. The molecule has 0 radical (unpaired) electrons. The molecule has 3 rings (SSSR count). The molecule has 9 heteroatoms. The first-order chi connectivity index (χ1) is 11.3. The fourth-order valence-electron chi connectivity index (χ4n) is 2.69. The van der Waals surface area contributed by atoms with E-state index in [0.29, 0.717) is 0 Å². The molecular formula is C15H11FN2O5S. The van der Waals surface area contributed by atoms with Crippen LogP contribution in [0.1, 0.15) is 10.9 Å². The molecular weight excluding hydrogens is 339 g/mol. The Hall–Kier alpha value is -2.81. The Morgan fingerprint density at radius 2 is 1.75 bits per heavy atom. The van der Waals surface area contributed by atoms with E-state index in [1.807, 2.05) is 0 Å². The van der Waals surface area contributed by atoms with Gasteiger partial charge in [0.05, 0.1) is 10.5 Å². The van der Waals surface area contributed by atoms with Gasteiger partial charge in [-0.3, -0.25) is 19.8 Å². The molecule has 1 aliphatic rings. The lowest BCUT2D eigenvalue weighted by molar-refractivity contribution is -0.385. The summed E-state index contributed by atoms with van der Waals surface area (Å²) in [5.74, 6) is -2.03. The molecule has 1 atom stereocenters. The maximum Gasteiger partial charge on any atom is 0.275 e. The average molecular weight is 350 g/mol. The summed E-state index contributed by atoms with van der Waals surface area (Å²) in [6.07, 6.45) is 0. The molecule has 1 fully saturated rings. The minimum absolute atomic E-state index is 0.0994. The smallest absolute Gasteiger partial charge is 0.275 e. The lowest BCUT2D eigenvalue weighted by Crippen LogP contribution is -2.29. The number of hydrogen-bond donors (Lipinski definition) is 0. The molecule has 0 aliphatic carbocycles. The van der Waals surface area contributed by atoms with E-state index in [9.17, 15) is 27.7 Å². The minimum atomic E-state index is -3.97. The predicted molar refractivity (Wildman–Crippen MR) is 83.5 cm³/mol. The van der Waals surface area contributed by atoms with Gasteiger partial charge >= 0.3 is 0 Å². The Bertz CT molecular complexity index is 927. The molecule has 0 N–H and O–H groups in total. The van der Waals surface area contributed by atoms with Gasteiger partial charge < -0.3 is 0 Å². The van der Waals surface area contributed by atoms with Crippen LogP contribution in [0.5, 0.6) is 0 Å². The topological polar surface area (TPSA) is 97.6 Å². The van der Waals surface area contributed by atoms with E-state index < -0.39 is 43.3 Å². The van der Waals surface area contributed by atoms with Crippen LogP contribution in [0, 0.1) is 15.9 Å². The van der Waals surface area contributed by atoms with Crippen molar-refractivity contribution in [3.63, 3.8) is 0 Å². The highest BCUT2D eigenvalue weighted by molar-refractivity contribution is 7.93. The highest BCUT2D eigenvalue weighted by Crippen LogP contribution is 2.40. The molecule has 1 heterocycles. The molecule has 0 saturated carbocycles. The molecule has 7 nitrogen and oxygen atoms in total. The lowest BCUT2D eigenvalue weighted by Gasteiger charge is -2.23. The van der Waals surface area contributed by atoms with E-state index in [2.05, 4.69) is 0 Å². The summed E-state index contributed by atoms with van der Waals surface area (Å²) in [4.78, 5) is 23.7. The third kappa shape index (κ3) is 2.62. The molecule has 1 unspecified atom stereocenters. The van der Waals surface area contributed by atoms with Crippen LogP contribution in [0.2, 0.25) is 0 Å². The Morgan fingerprint density at radius 1 is 1.12 bits per heavy atom. The van der Waals surface area contributed by atoms with Crippen LogP contribution in [0.4, 0.5) is 15.8 Å². The van der Waals surface area contributed by atoms with Crippen LogP contribution >= 0.6 is 0 Å². The number of nitro benzene ring substituents is 1. The van der Waals surface area contributed by atoms with E-state index >= 15 is 0 Å². The van der Waals surface area contributed by atoms with Gasteiger partial charge in [-0.15, -0.1) is 0 Å². The monoisotopic (exact) mass is 350 g/mol. The summed E-state index contributed by atoms with van der Waals surface area (Å²) in [5.41, 5.74) is -0.337. The van der Waals surface area contributed by atoms with Gasteiger partial charge in [0.15, 0.2) is 15.2 Å². The maximum absolute atomic E-state index is 13.1. The van der Waals surface area contributed by atoms with Crippen molar-refractivity contribution in [2.75, 3.05) is 10.7 Å². The van der Waals surface area contributed by atoms with Crippen LogP contribution in [0.15, 0.2) is 48.5 Å². The number of para-hydroxylation sites is 1. The zero-order valence-corrected chi connectivity index (χ0v) is 12.9. The maximum atomic E-state index is 13.1. The van der Waals surface area contributed by atoms with Gasteiger partial charge in [0, 0.05) is 11.8 Å². The first-order valence-corrected chi connectivity index (χ1v) is 8.55. The summed E-state index contributed by atoms with van der Waals surface area (Å²) in [5, 5.41) is 9.70. The lowest BCUT2D eigenvalue weighted by atomic mass is 10.1. The fourth-order valence-corrected chi connectivity index (χ4v) is 4.48. The molecule has 1 saturated heterocycles. The van der Waals surface area contributed by atoms with Crippen molar-refractivity contribution in [1.82, 2.24) is 0 Å². The number of carbonyl (C=O) groups excluding carboxylic acids is 1. The molecule has 2 aromatic rings. The average Bonchev–Trinajstić information content (AvgIpc) is 2.76. The molecule has 0 aromatic heterocycles. The molecule has 1 amide bonds. The van der Waals surface area contributed by atoms with E-state index in [-0.39, 0.29) is 11.3 Å². The number of anilines is 1. The molecule has 24 heavy (non-hydrogen) atoms. The van der Waals surface area contributed by atoms with Gasteiger partial charge in [-0.2, -0.15) is 0 Å². The Kier molecular flexibility index (Phi) is 3.80. The van der Waals surface area contributed by atoms with Crippen molar-refractivity contribution < 1.29 is 22.5 Å². The van der Waals surface area contributed by atoms with E-state index in [1.165, 1.54) is 36.4 Å². The van der Waals surface area contributed by atoms with Gasteiger partial charge in [0.25, 0.3) is 5.69 Å². The van der Waals surface area contributed by atoms with Gasteiger partial charge in [-0.25, -0.2) is 12.8 Å². The summed E-state index contributed by atoms with van der Waals surface area (Å²) >= 11 is 0. The van der Waals surface area contributed by atoms with E-state index in [0.717, 1.165) is 17.0 Å². The number of nitrogens with zero attached hydrogens (tertiary/aromatic N) is 2. The molecule has 2 aromatic carbocycles. The van der Waals surface area contributed by atoms with Crippen LogP contribution < -0.4 is 4.90 Å². The van der Waals surface area contributed by atoms with Crippen LogP contribution in [-0.2, 0) is 14.6 Å². The zero-order chi connectivity index (χ0) is 17.5. The number of nitro groups is 1. The number of halogens is 1. The molecule has 0 spiro atoms. The highest BCUT2D eigenvalue weighted by atomic mass is 32.2. The van der Waals surface area contributed by atoms with Crippen LogP contribution in [0.3, 0.4) is 0 Å². The first-order valence-electron chi connectivity index (χ1n) is 6.84. The second-order valence-electron chi connectivity index (χ2n) is 5.22. The van der Waals surface area contributed by atoms with Gasteiger partial charge in [0.1, 0.15) is 11.6 Å². The number of sulfone groups is 1. The van der Waals surface area contributed by atoms with Crippen molar-refractivity contribution in [3.05, 3.63) is 70.0 Å². The minimum Gasteiger partial charge on any atom is -0.289 e. The third-order valence-corrected chi connectivity index (χ3v) is 5.47. The second-order valence-corrected chi connectivity index (χ2v) is 7.28. The van der Waals surface area contributed by atoms with E-state index in [4.69, 9.17) is 0 Å². The van der Waals surface area contributed by atoms with Crippen molar-refractivity contribution in [1.29, 1.82) is 0 Å². The van der Waals surface area contributed by atoms with E-state index in [1.54, 1.807) is 0 Å². The summed E-state index contributed by atoms with van der Waals surface area (Å²) in [7, 11) is -3.97. The second kappa shape index (κ2) is 5.68. The summed E-state index contributed by atoms with van der Waals surface area (Å²) < 4.78 is 38.0. The van der Waals surface area contributed by atoms with Crippen molar-refractivity contribution in [2.45, 2.75) is 5.37 Å². The largest absolute Gasteiger partial charge is 0.289 e. The number of hydrogen-bond acceptors (Lipinski definition) is 5. The Balaban J connectivity index is 2.20. The van der Waals surface area contributed by atoms with Crippen molar-refractivity contribution in [3.8, 4) is 0 Å². The van der Waals surface area contributed by atoms with Gasteiger partial charge in [0.2, 0.25) is 5.91 Å². The summed E-state index contributed by atoms with van der Waals surface area (Å²) in [6.45, 7) is 0. The first kappa shape index (κ1) is 16.1. The number of carbonyl (C=O) groups is 1. The van der Waals surface area contributed by atoms with Crippen molar-refractivity contribution >= 4 is 27.1 Å². The standard InChI is InChI=1S/C15H11FN2O5S/c16-10-5-7-11(8-6-10)17-14(19)9-24(22,23)15(17)12-3-1-2-4-13(12)18(20)21/h1-8,15H,9H2. The number of rotatable bonds is 3. The Morgan fingerprint density at radius 3 is 2.38 bits per heavy atom. The molecule has 0 bridgehead atoms.